The van der Waals surface area contributed by atoms with E-state index in [0.29, 0.717) is 18.6 Å². The zero-order valence-electron chi connectivity index (χ0n) is 10.2. The van der Waals surface area contributed by atoms with Crippen LogP contribution in [0.5, 0.6) is 0 Å². The number of aromatic nitrogens is 1. The Bertz CT molecular complexity index is 609. The highest BCUT2D eigenvalue weighted by molar-refractivity contribution is 7.99. The topological polar surface area (TPSA) is 54.8 Å². The standard InChI is InChI=1S/C13H12N2O3S/c1-2-15(9-10-19-18-17-16)13-8-7-11-5-3-4-6-12(11)14-13/h3-8,16H,2H2,1H3. The van der Waals surface area contributed by atoms with E-state index in [2.05, 4.69) is 25.7 Å². The van der Waals surface area contributed by atoms with Crippen molar-refractivity contribution in [2.75, 3.05) is 11.4 Å². The molecule has 0 aliphatic carbocycles. The summed E-state index contributed by atoms with van der Waals surface area (Å²) in [6.07, 6.45) is 0. The molecule has 2 aromatic rings. The molecule has 0 spiro atoms. The lowest BCUT2D eigenvalue weighted by Crippen LogP contribution is -2.16. The molecule has 1 aromatic heterocycles. The molecule has 2 rings (SSSR count). The van der Waals surface area contributed by atoms with E-state index in [1.807, 2.05) is 43.3 Å². The zero-order chi connectivity index (χ0) is 13.5. The molecule has 0 saturated heterocycles. The minimum Gasteiger partial charge on any atom is -0.285 e. The van der Waals surface area contributed by atoms with Gasteiger partial charge in [0.15, 0.2) is 0 Å². The minimum absolute atomic E-state index is 0.679. The fourth-order valence-corrected chi connectivity index (χ4v) is 1.82. The summed E-state index contributed by atoms with van der Waals surface area (Å²) in [6.45, 7) is 2.65. The second-order valence-electron chi connectivity index (χ2n) is 3.55. The van der Waals surface area contributed by atoms with Gasteiger partial charge in [0, 0.05) is 23.2 Å². The highest BCUT2D eigenvalue weighted by Gasteiger charge is 2.03. The first kappa shape index (κ1) is 13.6. The number of hydrogen-bond acceptors (Lipinski definition) is 6. The van der Waals surface area contributed by atoms with E-state index in [1.165, 1.54) is 0 Å². The first-order valence-electron chi connectivity index (χ1n) is 5.63. The predicted octanol–water partition coefficient (Wildman–Crippen LogP) is 3.05. The molecule has 0 radical (unpaired) electrons. The third-order valence-corrected chi connectivity index (χ3v) is 2.77. The molecule has 19 heavy (non-hydrogen) atoms. The summed E-state index contributed by atoms with van der Waals surface area (Å²) >= 11 is 0.692. The monoisotopic (exact) mass is 276 g/mol. The van der Waals surface area contributed by atoms with Crippen molar-refractivity contribution in [1.29, 1.82) is 0 Å². The van der Waals surface area contributed by atoms with Crippen molar-refractivity contribution >= 4 is 28.8 Å². The number of para-hydroxylation sites is 1. The number of pyridine rings is 1. The zero-order valence-corrected chi connectivity index (χ0v) is 11.1. The van der Waals surface area contributed by atoms with Crippen molar-refractivity contribution in [3.63, 3.8) is 0 Å². The minimum atomic E-state index is 0.679. The van der Waals surface area contributed by atoms with Gasteiger partial charge in [-0.2, -0.15) is 0 Å². The Morgan fingerprint density at radius 3 is 2.95 bits per heavy atom. The Kier molecular flexibility index (Phi) is 5.01. The van der Waals surface area contributed by atoms with Gasteiger partial charge in [0.25, 0.3) is 0 Å². The molecule has 1 aromatic carbocycles. The maximum atomic E-state index is 7.99. The van der Waals surface area contributed by atoms with Crippen LogP contribution in [0.4, 0.5) is 5.82 Å². The molecule has 6 heteroatoms. The molecule has 98 valence electrons. The van der Waals surface area contributed by atoms with Crippen molar-refractivity contribution < 1.29 is 14.6 Å². The van der Waals surface area contributed by atoms with Gasteiger partial charge in [0.2, 0.25) is 0 Å². The first-order valence-corrected chi connectivity index (χ1v) is 6.37. The Morgan fingerprint density at radius 1 is 1.32 bits per heavy atom. The third kappa shape index (κ3) is 3.59. The van der Waals surface area contributed by atoms with Crippen molar-refractivity contribution in [3.8, 4) is 11.3 Å². The fraction of sp³-hybridized carbons (Fsp3) is 0.154. The number of benzene rings is 1. The van der Waals surface area contributed by atoms with Gasteiger partial charge in [-0.05, 0) is 25.1 Å². The van der Waals surface area contributed by atoms with Gasteiger partial charge in [-0.3, -0.25) is 4.90 Å². The number of nitrogens with zero attached hydrogens (tertiary/aromatic N) is 2. The van der Waals surface area contributed by atoms with E-state index in [0.717, 1.165) is 16.7 Å². The van der Waals surface area contributed by atoms with E-state index in [-0.39, 0.29) is 0 Å². The molecule has 0 saturated carbocycles. The van der Waals surface area contributed by atoms with Crippen LogP contribution in [0.3, 0.4) is 0 Å². The molecule has 0 aliphatic heterocycles. The summed E-state index contributed by atoms with van der Waals surface area (Å²) in [6, 6.07) is 14.7. The molecule has 0 fully saturated rings. The molecule has 5 nitrogen and oxygen atoms in total. The number of fused-ring (bicyclic) bond motifs is 1. The Morgan fingerprint density at radius 2 is 2.16 bits per heavy atom. The fourth-order valence-electron chi connectivity index (χ4n) is 1.61. The van der Waals surface area contributed by atoms with Crippen LogP contribution in [0.2, 0.25) is 0 Å². The van der Waals surface area contributed by atoms with Gasteiger partial charge in [-0.25, -0.2) is 10.2 Å². The summed E-state index contributed by atoms with van der Waals surface area (Å²) in [4.78, 5) is 6.32. The van der Waals surface area contributed by atoms with Gasteiger partial charge in [-0.1, -0.05) is 23.2 Å². The van der Waals surface area contributed by atoms with Crippen LogP contribution in [0.25, 0.3) is 10.9 Å². The Hall–Kier alpha value is -1.78. The summed E-state index contributed by atoms with van der Waals surface area (Å²) in [5, 5.41) is 15.1. The van der Waals surface area contributed by atoms with Crippen LogP contribution in [0, 0.1) is 11.3 Å². The quantitative estimate of drug-likeness (QED) is 0.231. The molecule has 1 N–H and O–H groups in total. The molecule has 0 atom stereocenters. The van der Waals surface area contributed by atoms with Crippen LogP contribution in [-0.4, -0.2) is 16.8 Å². The van der Waals surface area contributed by atoms with Gasteiger partial charge in [-0.15, -0.1) is 4.33 Å². The second-order valence-corrected chi connectivity index (χ2v) is 4.05. The first-order chi connectivity index (χ1) is 9.35. The largest absolute Gasteiger partial charge is 0.285 e. The van der Waals surface area contributed by atoms with Crippen LogP contribution >= 0.6 is 12.0 Å². The summed E-state index contributed by atoms with van der Waals surface area (Å²) in [7, 11) is 0. The van der Waals surface area contributed by atoms with Crippen molar-refractivity contribution in [2.24, 2.45) is 0 Å². The van der Waals surface area contributed by atoms with Crippen LogP contribution in [0.15, 0.2) is 36.4 Å². The van der Waals surface area contributed by atoms with E-state index < -0.39 is 0 Å². The van der Waals surface area contributed by atoms with Crippen molar-refractivity contribution in [3.05, 3.63) is 36.4 Å². The number of rotatable bonds is 4. The third-order valence-electron chi connectivity index (χ3n) is 2.46. The molecule has 1 heterocycles. The molecule has 0 amide bonds. The van der Waals surface area contributed by atoms with Gasteiger partial charge in [0.05, 0.1) is 5.52 Å². The van der Waals surface area contributed by atoms with E-state index in [9.17, 15) is 0 Å². The van der Waals surface area contributed by atoms with Gasteiger partial charge < -0.3 is 0 Å². The van der Waals surface area contributed by atoms with Crippen molar-refractivity contribution in [1.82, 2.24) is 4.98 Å². The Balaban J connectivity index is 2.22. The smallest absolute Gasteiger partial charge is 0.140 e. The summed E-state index contributed by atoms with van der Waals surface area (Å²) in [5.41, 5.74) is 0.919. The SMILES string of the molecule is CCN(C#CSOOO)c1ccc2ccccc2n1. The average molecular weight is 276 g/mol. The lowest BCUT2D eigenvalue weighted by Gasteiger charge is -2.14. The molecular formula is C13H12N2O3S. The molecule has 0 unspecified atom stereocenters. The van der Waals surface area contributed by atoms with E-state index >= 15 is 0 Å². The van der Waals surface area contributed by atoms with Crippen molar-refractivity contribution in [2.45, 2.75) is 6.92 Å². The number of anilines is 1. The summed E-state index contributed by atoms with van der Waals surface area (Å²) < 4.78 is 4.19. The van der Waals surface area contributed by atoms with Crippen LogP contribution < -0.4 is 4.90 Å². The maximum Gasteiger partial charge on any atom is 0.140 e. The molecule has 0 aliphatic rings. The molecular weight excluding hydrogens is 264 g/mol. The van der Waals surface area contributed by atoms with Crippen LogP contribution in [-0.2, 0) is 9.37 Å². The highest BCUT2D eigenvalue weighted by Crippen LogP contribution is 2.17. The maximum absolute atomic E-state index is 7.99. The average Bonchev–Trinajstić information content (AvgIpc) is 2.47. The number of hydrogen-bond donors (Lipinski definition) is 1. The van der Waals surface area contributed by atoms with E-state index in [4.69, 9.17) is 5.26 Å². The van der Waals surface area contributed by atoms with Crippen LogP contribution in [0.1, 0.15) is 6.92 Å². The lowest BCUT2D eigenvalue weighted by molar-refractivity contribution is -0.431. The predicted molar refractivity (Wildman–Crippen MR) is 74.9 cm³/mol. The van der Waals surface area contributed by atoms with Gasteiger partial charge >= 0.3 is 0 Å². The lowest BCUT2D eigenvalue weighted by atomic mass is 10.2. The normalized spacial score (nSPS) is 10.0. The highest BCUT2D eigenvalue weighted by atomic mass is 32.2. The van der Waals surface area contributed by atoms with Gasteiger partial charge in [0.1, 0.15) is 17.9 Å². The molecule has 0 bridgehead atoms. The Labute approximate surface area is 115 Å². The summed E-state index contributed by atoms with van der Waals surface area (Å²) in [5.74, 6) is 0.763. The second kappa shape index (κ2) is 6.97. The van der Waals surface area contributed by atoms with E-state index in [1.54, 1.807) is 4.90 Å².